The van der Waals surface area contributed by atoms with Crippen LogP contribution in [0.15, 0.2) is 29.2 Å². The van der Waals surface area contributed by atoms with Crippen molar-refractivity contribution in [1.29, 1.82) is 0 Å². The highest BCUT2D eigenvalue weighted by Gasteiger charge is 2.30. The number of rotatable bonds is 5. The Morgan fingerprint density at radius 2 is 1.95 bits per heavy atom. The number of aliphatic hydroxyl groups is 1. The lowest BCUT2D eigenvalue weighted by atomic mass is 10.0. The smallest absolute Gasteiger partial charge is 0.178 e. The fraction of sp³-hybridized carbons (Fsp3) is 0.600. The summed E-state index contributed by atoms with van der Waals surface area (Å²) in [5, 5.41) is 9.48. The summed E-state index contributed by atoms with van der Waals surface area (Å²) < 4.78 is 24.0. The molecule has 112 valence electrons. The zero-order chi connectivity index (χ0) is 14.8. The van der Waals surface area contributed by atoms with Gasteiger partial charge in [0.25, 0.3) is 0 Å². The maximum Gasteiger partial charge on any atom is 0.178 e. The van der Waals surface area contributed by atoms with E-state index < -0.39 is 9.84 Å². The molecule has 1 aliphatic rings. The number of nitrogens with zero attached hydrogens (tertiary/aromatic N) is 1. The number of anilines is 1. The molecule has 0 aromatic heterocycles. The third-order valence-electron chi connectivity index (χ3n) is 4.07. The Hall–Kier alpha value is -1.07. The van der Waals surface area contributed by atoms with Crippen LogP contribution < -0.4 is 4.90 Å². The molecule has 0 amide bonds. The van der Waals surface area contributed by atoms with Gasteiger partial charge in [-0.2, -0.15) is 0 Å². The average molecular weight is 297 g/mol. The monoisotopic (exact) mass is 297 g/mol. The van der Waals surface area contributed by atoms with Gasteiger partial charge in [0.05, 0.1) is 23.3 Å². The lowest BCUT2D eigenvalue weighted by Gasteiger charge is -2.27. The molecule has 2 rings (SSSR count). The molecule has 1 fully saturated rings. The molecule has 0 aliphatic carbocycles. The molecule has 1 heterocycles. The molecule has 2 atom stereocenters. The standard InChI is InChI=1S/C15H23NO3S/c1-3-10-20(18,19)14-6-4-13(5-7-14)16-9-8-12(2)15(16)11-17/h4-7,12,15,17H,3,8-11H2,1-2H3. The van der Waals surface area contributed by atoms with E-state index >= 15 is 0 Å². The fourth-order valence-electron chi connectivity index (χ4n) is 2.84. The summed E-state index contributed by atoms with van der Waals surface area (Å²) in [7, 11) is -3.15. The Balaban J connectivity index is 2.21. The van der Waals surface area contributed by atoms with Crippen LogP contribution in [0.25, 0.3) is 0 Å². The van der Waals surface area contributed by atoms with E-state index in [1.165, 1.54) is 0 Å². The zero-order valence-corrected chi connectivity index (χ0v) is 12.9. The second-order valence-electron chi connectivity index (χ2n) is 5.52. The van der Waals surface area contributed by atoms with Crippen LogP contribution in [0.2, 0.25) is 0 Å². The second-order valence-corrected chi connectivity index (χ2v) is 7.63. The zero-order valence-electron chi connectivity index (χ0n) is 12.1. The Morgan fingerprint density at radius 1 is 1.30 bits per heavy atom. The summed E-state index contributed by atoms with van der Waals surface area (Å²) in [6.07, 6.45) is 1.68. The Labute approximate surface area is 121 Å². The predicted octanol–water partition coefficient (Wildman–Crippen LogP) is 2.08. The van der Waals surface area contributed by atoms with Crippen molar-refractivity contribution < 1.29 is 13.5 Å². The van der Waals surface area contributed by atoms with Crippen molar-refractivity contribution in [3.63, 3.8) is 0 Å². The topological polar surface area (TPSA) is 57.6 Å². The molecule has 0 bridgehead atoms. The van der Waals surface area contributed by atoms with Gasteiger partial charge in [-0.25, -0.2) is 8.42 Å². The van der Waals surface area contributed by atoms with Crippen LogP contribution in [-0.2, 0) is 9.84 Å². The third kappa shape index (κ3) is 2.99. The Morgan fingerprint density at radius 3 is 2.50 bits per heavy atom. The number of benzene rings is 1. The molecule has 4 nitrogen and oxygen atoms in total. The van der Waals surface area contributed by atoms with Crippen molar-refractivity contribution in [3.05, 3.63) is 24.3 Å². The molecule has 2 unspecified atom stereocenters. The van der Waals surface area contributed by atoms with Crippen molar-refractivity contribution in [1.82, 2.24) is 0 Å². The third-order valence-corrected chi connectivity index (χ3v) is 6.01. The molecule has 5 heteroatoms. The molecule has 1 N–H and O–H groups in total. The lowest BCUT2D eigenvalue weighted by molar-refractivity contribution is 0.245. The van der Waals surface area contributed by atoms with E-state index in [9.17, 15) is 13.5 Å². The highest BCUT2D eigenvalue weighted by Crippen LogP contribution is 2.30. The number of hydrogen-bond donors (Lipinski definition) is 1. The van der Waals surface area contributed by atoms with Gasteiger partial charge >= 0.3 is 0 Å². The van der Waals surface area contributed by atoms with Crippen molar-refractivity contribution >= 4 is 15.5 Å². The Bertz CT molecular complexity index is 539. The van der Waals surface area contributed by atoms with E-state index in [0.29, 0.717) is 17.2 Å². The molecule has 1 aliphatic heterocycles. The Kier molecular flexibility index (Phi) is 4.70. The van der Waals surface area contributed by atoms with Gasteiger partial charge in [-0.1, -0.05) is 13.8 Å². The molecule has 0 saturated carbocycles. The van der Waals surface area contributed by atoms with Crippen molar-refractivity contribution in [3.8, 4) is 0 Å². The maximum atomic E-state index is 12.0. The summed E-state index contributed by atoms with van der Waals surface area (Å²) in [5.74, 6) is 0.648. The highest BCUT2D eigenvalue weighted by molar-refractivity contribution is 7.91. The predicted molar refractivity (Wildman–Crippen MR) is 80.8 cm³/mol. The van der Waals surface area contributed by atoms with Gasteiger partial charge in [0.1, 0.15) is 0 Å². The van der Waals surface area contributed by atoms with Gasteiger partial charge in [-0.05, 0) is 43.0 Å². The van der Waals surface area contributed by atoms with Crippen molar-refractivity contribution in [2.75, 3.05) is 23.8 Å². The number of aliphatic hydroxyl groups excluding tert-OH is 1. The molecule has 1 aromatic rings. The number of hydrogen-bond acceptors (Lipinski definition) is 4. The molecule has 20 heavy (non-hydrogen) atoms. The van der Waals surface area contributed by atoms with E-state index in [2.05, 4.69) is 11.8 Å². The molecule has 0 radical (unpaired) electrons. The van der Waals surface area contributed by atoms with Gasteiger partial charge in [0.2, 0.25) is 0 Å². The lowest BCUT2D eigenvalue weighted by Crippen LogP contribution is -2.35. The van der Waals surface area contributed by atoms with Crippen LogP contribution in [0.4, 0.5) is 5.69 Å². The van der Waals surface area contributed by atoms with Crippen molar-refractivity contribution in [2.45, 2.75) is 37.6 Å². The maximum absolute atomic E-state index is 12.0. The van der Waals surface area contributed by atoms with Crippen LogP contribution in [0.3, 0.4) is 0 Å². The minimum atomic E-state index is -3.15. The van der Waals surface area contributed by atoms with Gasteiger partial charge in [-0.15, -0.1) is 0 Å². The highest BCUT2D eigenvalue weighted by atomic mass is 32.2. The summed E-state index contributed by atoms with van der Waals surface area (Å²) >= 11 is 0. The molecular formula is C15H23NO3S. The van der Waals surface area contributed by atoms with Crippen LogP contribution in [0.5, 0.6) is 0 Å². The first kappa shape index (κ1) is 15.3. The first-order valence-electron chi connectivity index (χ1n) is 7.20. The van der Waals surface area contributed by atoms with Crippen LogP contribution >= 0.6 is 0 Å². The second kappa shape index (κ2) is 6.14. The molecular weight excluding hydrogens is 274 g/mol. The van der Waals surface area contributed by atoms with Gasteiger partial charge in [-0.3, -0.25) is 0 Å². The van der Waals surface area contributed by atoms with E-state index in [1.807, 2.05) is 19.1 Å². The minimum Gasteiger partial charge on any atom is -0.394 e. The fourth-order valence-corrected chi connectivity index (χ4v) is 4.16. The quantitative estimate of drug-likeness (QED) is 0.904. The van der Waals surface area contributed by atoms with Gasteiger partial charge < -0.3 is 10.0 Å². The molecule has 1 saturated heterocycles. The summed E-state index contributed by atoms with van der Waals surface area (Å²) in [6.45, 7) is 5.05. The van der Waals surface area contributed by atoms with Crippen LogP contribution in [-0.4, -0.2) is 38.5 Å². The van der Waals surface area contributed by atoms with E-state index in [4.69, 9.17) is 0 Å². The van der Waals surface area contributed by atoms with E-state index in [0.717, 1.165) is 18.7 Å². The minimum absolute atomic E-state index is 0.132. The van der Waals surface area contributed by atoms with E-state index in [-0.39, 0.29) is 18.4 Å². The SMILES string of the molecule is CCCS(=O)(=O)c1ccc(N2CCC(C)C2CO)cc1. The average Bonchev–Trinajstić information content (AvgIpc) is 2.80. The normalized spacial score (nSPS) is 23.2. The largest absolute Gasteiger partial charge is 0.394 e. The first-order valence-corrected chi connectivity index (χ1v) is 8.85. The first-order chi connectivity index (χ1) is 9.49. The van der Waals surface area contributed by atoms with Crippen molar-refractivity contribution in [2.24, 2.45) is 5.92 Å². The molecule has 1 aromatic carbocycles. The van der Waals surface area contributed by atoms with Crippen LogP contribution in [0.1, 0.15) is 26.7 Å². The van der Waals surface area contributed by atoms with E-state index in [1.54, 1.807) is 12.1 Å². The van der Waals surface area contributed by atoms with Crippen LogP contribution in [0, 0.1) is 5.92 Å². The summed E-state index contributed by atoms with van der Waals surface area (Å²) in [4.78, 5) is 2.55. The summed E-state index contributed by atoms with van der Waals surface area (Å²) in [6, 6.07) is 7.19. The van der Waals surface area contributed by atoms with Gasteiger partial charge in [0.15, 0.2) is 9.84 Å². The van der Waals surface area contributed by atoms with Gasteiger partial charge in [0, 0.05) is 12.2 Å². The molecule has 0 spiro atoms. The summed E-state index contributed by atoms with van der Waals surface area (Å²) in [5.41, 5.74) is 0.990. The number of sulfone groups is 1.